The summed E-state index contributed by atoms with van der Waals surface area (Å²) in [6.07, 6.45) is 7.81. The lowest BCUT2D eigenvalue weighted by molar-refractivity contribution is 0.0505. The maximum absolute atomic E-state index is 11.8. The lowest BCUT2D eigenvalue weighted by Crippen LogP contribution is -2.15. The van der Waals surface area contributed by atoms with Gasteiger partial charge in [-0.05, 0) is 32.6 Å². The monoisotopic (exact) mass is 265 g/mol. The van der Waals surface area contributed by atoms with E-state index in [9.17, 15) is 4.79 Å². The quantitative estimate of drug-likeness (QED) is 0.742. The van der Waals surface area contributed by atoms with Crippen LogP contribution in [0.1, 0.15) is 61.9 Å². The third kappa shape index (κ3) is 3.55. The van der Waals surface area contributed by atoms with Crippen molar-refractivity contribution < 1.29 is 9.53 Å². The molecule has 0 unspecified atom stereocenters. The highest BCUT2D eigenvalue weighted by Gasteiger charge is 2.19. The average Bonchev–Trinajstić information content (AvgIpc) is 3.01. The van der Waals surface area contributed by atoms with E-state index >= 15 is 0 Å². The van der Waals surface area contributed by atoms with E-state index in [0.29, 0.717) is 12.4 Å². The summed E-state index contributed by atoms with van der Waals surface area (Å²) in [4.78, 5) is 11.8. The average molecular weight is 265 g/mol. The van der Waals surface area contributed by atoms with E-state index < -0.39 is 0 Å². The smallest absolute Gasteiger partial charge is 0.376 e. The minimum Gasteiger partial charge on any atom is -0.460 e. The second kappa shape index (κ2) is 6.68. The van der Waals surface area contributed by atoms with Crippen LogP contribution in [0, 0.1) is 12.8 Å². The lowest BCUT2D eigenvalue weighted by Gasteiger charge is -2.11. The Bertz CT molecular complexity index is 422. The molecule has 0 spiro atoms. The molecule has 0 aromatic carbocycles. The molecule has 19 heavy (non-hydrogen) atoms. The molecule has 1 aromatic heterocycles. The molecule has 1 aromatic rings. The summed E-state index contributed by atoms with van der Waals surface area (Å²) < 4.78 is 6.88. The second-order valence-corrected chi connectivity index (χ2v) is 5.24. The number of ether oxygens (including phenoxy) is 1. The van der Waals surface area contributed by atoms with Gasteiger partial charge in [-0.1, -0.05) is 25.7 Å². The SMILES string of the molecule is CCOC(=O)c1nnc(C)n1CCCC1CCCC1. The van der Waals surface area contributed by atoms with Gasteiger partial charge in [-0.2, -0.15) is 0 Å². The first-order valence-electron chi connectivity index (χ1n) is 7.29. The van der Waals surface area contributed by atoms with Crippen LogP contribution >= 0.6 is 0 Å². The van der Waals surface area contributed by atoms with Crippen molar-refractivity contribution in [2.24, 2.45) is 5.92 Å². The fraction of sp³-hybridized carbons (Fsp3) is 0.786. The third-order valence-corrected chi connectivity index (χ3v) is 3.86. The zero-order valence-corrected chi connectivity index (χ0v) is 11.9. The number of hydrogen-bond donors (Lipinski definition) is 0. The summed E-state index contributed by atoms with van der Waals surface area (Å²) in [5.74, 6) is 1.63. The molecule has 0 aliphatic heterocycles. The Balaban J connectivity index is 1.91. The van der Waals surface area contributed by atoms with Crippen LogP contribution in [-0.4, -0.2) is 27.3 Å². The standard InChI is InChI=1S/C14H23N3O2/c1-3-19-14(18)13-16-15-11(2)17(13)10-6-9-12-7-4-5-8-12/h12H,3-10H2,1-2H3. The van der Waals surface area contributed by atoms with Crippen molar-refractivity contribution in [2.75, 3.05) is 6.61 Å². The molecule has 5 nitrogen and oxygen atoms in total. The minimum atomic E-state index is -0.371. The molecule has 106 valence electrons. The van der Waals surface area contributed by atoms with Crippen LogP contribution in [0.5, 0.6) is 0 Å². The predicted molar refractivity (Wildman–Crippen MR) is 71.9 cm³/mol. The van der Waals surface area contributed by atoms with Gasteiger partial charge in [0.25, 0.3) is 0 Å². The highest BCUT2D eigenvalue weighted by atomic mass is 16.5. The molecule has 0 radical (unpaired) electrons. The van der Waals surface area contributed by atoms with Crippen molar-refractivity contribution >= 4 is 5.97 Å². The van der Waals surface area contributed by atoms with Gasteiger partial charge in [-0.25, -0.2) is 4.79 Å². The largest absolute Gasteiger partial charge is 0.460 e. The molecule has 1 aliphatic carbocycles. The molecular formula is C14H23N3O2. The fourth-order valence-electron chi connectivity index (χ4n) is 2.83. The van der Waals surface area contributed by atoms with Crippen molar-refractivity contribution in [1.29, 1.82) is 0 Å². The molecular weight excluding hydrogens is 242 g/mol. The van der Waals surface area contributed by atoms with Crippen LogP contribution < -0.4 is 0 Å². The Kier molecular flexibility index (Phi) is 4.93. The van der Waals surface area contributed by atoms with Crippen molar-refractivity contribution in [2.45, 2.75) is 58.9 Å². The molecule has 5 heteroatoms. The lowest BCUT2D eigenvalue weighted by atomic mass is 10.0. The Labute approximate surface area is 114 Å². The first kappa shape index (κ1) is 14.0. The van der Waals surface area contributed by atoms with Crippen molar-refractivity contribution in [3.8, 4) is 0 Å². The van der Waals surface area contributed by atoms with Gasteiger partial charge in [0.2, 0.25) is 5.82 Å². The van der Waals surface area contributed by atoms with Crippen LogP contribution in [0.3, 0.4) is 0 Å². The Morgan fingerprint density at radius 3 is 2.79 bits per heavy atom. The van der Waals surface area contributed by atoms with E-state index in [0.717, 1.165) is 24.7 Å². The van der Waals surface area contributed by atoms with Gasteiger partial charge in [-0.3, -0.25) is 0 Å². The molecule has 0 amide bonds. The van der Waals surface area contributed by atoms with E-state index in [4.69, 9.17) is 4.74 Å². The number of hydrogen-bond acceptors (Lipinski definition) is 4. The first-order chi connectivity index (χ1) is 9.22. The Hall–Kier alpha value is -1.39. The second-order valence-electron chi connectivity index (χ2n) is 5.24. The first-order valence-corrected chi connectivity index (χ1v) is 7.29. The number of carbonyl (C=O) groups is 1. The highest BCUT2D eigenvalue weighted by Crippen LogP contribution is 2.28. The number of rotatable bonds is 6. The molecule has 1 heterocycles. The van der Waals surface area contributed by atoms with Crippen molar-refractivity contribution in [3.05, 3.63) is 11.6 Å². The fourth-order valence-corrected chi connectivity index (χ4v) is 2.83. The van der Waals surface area contributed by atoms with Gasteiger partial charge in [0.15, 0.2) is 0 Å². The van der Waals surface area contributed by atoms with E-state index in [1.807, 2.05) is 11.5 Å². The molecule has 0 bridgehead atoms. The third-order valence-electron chi connectivity index (χ3n) is 3.86. The summed E-state index contributed by atoms with van der Waals surface area (Å²) in [5.41, 5.74) is 0. The van der Waals surface area contributed by atoms with Crippen LogP contribution in [0.15, 0.2) is 0 Å². The highest BCUT2D eigenvalue weighted by molar-refractivity contribution is 5.85. The van der Waals surface area contributed by atoms with Gasteiger partial charge >= 0.3 is 5.97 Å². The summed E-state index contributed by atoms with van der Waals surface area (Å²) in [6.45, 7) is 4.85. The molecule has 1 saturated carbocycles. The molecule has 1 aliphatic rings. The summed E-state index contributed by atoms with van der Waals surface area (Å²) in [5, 5.41) is 7.91. The number of aryl methyl sites for hydroxylation is 1. The van der Waals surface area contributed by atoms with E-state index in [1.165, 1.54) is 32.1 Å². The van der Waals surface area contributed by atoms with E-state index in [2.05, 4.69) is 10.2 Å². The zero-order valence-electron chi connectivity index (χ0n) is 11.9. The normalized spacial score (nSPS) is 15.9. The summed E-state index contributed by atoms with van der Waals surface area (Å²) in [7, 11) is 0. The van der Waals surface area contributed by atoms with Gasteiger partial charge in [0, 0.05) is 6.54 Å². The maximum atomic E-state index is 11.8. The van der Waals surface area contributed by atoms with Crippen molar-refractivity contribution in [1.82, 2.24) is 14.8 Å². The number of carbonyl (C=O) groups excluding carboxylic acids is 1. The van der Waals surface area contributed by atoms with Crippen LogP contribution in [-0.2, 0) is 11.3 Å². The van der Waals surface area contributed by atoms with Crippen molar-refractivity contribution in [3.63, 3.8) is 0 Å². The van der Waals surface area contributed by atoms with Gasteiger partial charge in [0.05, 0.1) is 6.61 Å². The number of esters is 1. The number of aromatic nitrogens is 3. The molecule has 0 atom stereocenters. The Morgan fingerprint density at radius 2 is 2.11 bits per heavy atom. The van der Waals surface area contributed by atoms with Gasteiger partial charge in [0.1, 0.15) is 5.82 Å². The van der Waals surface area contributed by atoms with Gasteiger partial charge < -0.3 is 9.30 Å². The minimum absolute atomic E-state index is 0.339. The zero-order chi connectivity index (χ0) is 13.7. The van der Waals surface area contributed by atoms with E-state index in [-0.39, 0.29) is 5.97 Å². The molecule has 0 N–H and O–H groups in total. The van der Waals surface area contributed by atoms with E-state index in [1.54, 1.807) is 6.92 Å². The number of nitrogens with zero attached hydrogens (tertiary/aromatic N) is 3. The predicted octanol–water partition coefficient (Wildman–Crippen LogP) is 2.73. The molecule has 2 rings (SSSR count). The Morgan fingerprint density at radius 1 is 1.37 bits per heavy atom. The molecule has 0 saturated heterocycles. The van der Waals surface area contributed by atoms with Crippen LogP contribution in [0.25, 0.3) is 0 Å². The maximum Gasteiger partial charge on any atom is 0.376 e. The van der Waals surface area contributed by atoms with Gasteiger partial charge in [-0.15, -0.1) is 10.2 Å². The summed E-state index contributed by atoms with van der Waals surface area (Å²) in [6, 6.07) is 0. The topological polar surface area (TPSA) is 57.0 Å². The molecule has 1 fully saturated rings. The van der Waals surface area contributed by atoms with Crippen LogP contribution in [0.2, 0.25) is 0 Å². The summed E-state index contributed by atoms with van der Waals surface area (Å²) >= 11 is 0. The van der Waals surface area contributed by atoms with Crippen LogP contribution in [0.4, 0.5) is 0 Å².